The van der Waals surface area contributed by atoms with Gasteiger partial charge in [-0.05, 0) is 17.5 Å². The van der Waals surface area contributed by atoms with Crippen LogP contribution in [0.5, 0.6) is 0 Å². The predicted octanol–water partition coefficient (Wildman–Crippen LogP) is 1.96. The van der Waals surface area contributed by atoms with Crippen LogP contribution < -0.4 is 31.9 Å². The van der Waals surface area contributed by atoms with E-state index in [9.17, 15) is 20.2 Å². The maximum Gasteiger partial charge on any atom is 0.269 e. The molecule has 0 aliphatic carbocycles. The zero-order chi connectivity index (χ0) is 29.7. The van der Waals surface area contributed by atoms with E-state index in [1.807, 2.05) is 24.3 Å². The van der Waals surface area contributed by atoms with Crippen molar-refractivity contribution in [2.24, 2.45) is 0 Å². The number of rotatable bonds is 8. The van der Waals surface area contributed by atoms with Gasteiger partial charge in [-0.1, -0.05) is 49.7 Å². The normalized spacial score (nSPS) is 24.7. The Bertz CT molecular complexity index is 1000. The average molecular weight is 580 g/mol. The fourth-order valence-corrected chi connectivity index (χ4v) is 5.70. The molecule has 0 amide bonds. The zero-order valence-corrected chi connectivity index (χ0v) is 24.3. The number of non-ortho nitro benzene ring substituents is 2. The highest BCUT2D eigenvalue weighted by Crippen LogP contribution is 2.20. The fourth-order valence-electron chi connectivity index (χ4n) is 5.70. The number of nitro benzene ring substituents is 2. The van der Waals surface area contributed by atoms with E-state index >= 15 is 0 Å². The van der Waals surface area contributed by atoms with E-state index < -0.39 is 0 Å². The Balaban J connectivity index is 1.42. The summed E-state index contributed by atoms with van der Waals surface area (Å²) in [5.41, 5.74) is 1.93. The summed E-state index contributed by atoms with van der Waals surface area (Å²) in [4.78, 5) is 21.4. The third-order valence-electron chi connectivity index (χ3n) is 8.29. The van der Waals surface area contributed by atoms with Crippen LogP contribution in [0.3, 0.4) is 0 Å². The van der Waals surface area contributed by atoms with E-state index in [0.717, 1.165) is 95.4 Å². The highest BCUT2D eigenvalue weighted by atomic mass is 16.6. The highest BCUT2D eigenvalue weighted by molar-refractivity contribution is 6.35. The van der Waals surface area contributed by atoms with Gasteiger partial charge in [0.25, 0.3) is 11.4 Å². The lowest BCUT2D eigenvalue weighted by Gasteiger charge is -2.39. The minimum atomic E-state index is -0.366. The Hall–Kier alpha value is -2.94. The van der Waals surface area contributed by atoms with Gasteiger partial charge in [0, 0.05) is 101 Å². The largest absolute Gasteiger partial charge is 0.314 e. The van der Waals surface area contributed by atoms with Gasteiger partial charge in [-0.2, -0.15) is 0 Å². The molecule has 5 rings (SSSR count). The van der Waals surface area contributed by atoms with Crippen LogP contribution in [0.1, 0.15) is 30.4 Å². The summed E-state index contributed by atoms with van der Waals surface area (Å²) in [6, 6.07) is 13.6. The third-order valence-corrected chi connectivity index (χ3v) is 8.29. The molecular weight excluding hydrogens is 535 g/mol. The Morgan fingerprint density at radius 2 is 1.10 bits per heavy atom. The number of hydrogen-bond donors (Lipinski definition) is 6. The Kier molecular flexibility index (Phi) is 12.2. The van der Waals surface area contributed by atoms with E-state index in [4.69, 9.17) is 0 Å². The Morgan fingerprint density at radius 3 is 1.55 bits per heavy atom. The fraction of sp³-hybridized carbons (Fsp3) is 0.586. The van der Waals surface area contributed by atoms with Gasteiger partial charge in [-0.25, -0.2) is 0 Å². The van der Waals surface area contributed by atoms with Gasteiger partial charge in [0.1, 0.15) is 7.28 Å². The molecule has 3 heterocycles. The molecule has 12 nitrogen and oxygen atoms in total. The molecule has 2 aromatic carbocycles. The summed E-state index contributed by atoms with van der Waals surface area (Å²) in [5.74, 6) is 0. The van der Waals surface area contributed by atoms with Crippen molar-refractivity contribution in [1.82, 2.24) is 31.9 Å². The van der Waals surface area contributed by atoms with Crippen molar-refractivity contribution < 1.29 is 9.85 Å². The Labute approximate surface area is 248 Å². The lowest BCUT2D eigenvalue weighted by Crippen LogP contribution is -2.61. The molecule has 0 atom stereocenters. The lowest BCUT2D eigenvalue weighted by atomic mass is 9.62. The minimum absolute atomic E-state index is 0.107. The first kappa shape index (κ1) is 32.0. The van der Waals surface area contributed by atoms with Crippen molar-refractivity contribution in [3.8, 4) is 0 Å². The van der Waals surface area contributed by atoms with Crippen LogP contribution >= 0.6 is 0 Å². The molecule has 6 N–H and O–H groups in total. The van der Waals surface area contributed by atoms with Crippen LogP contribution in [0.2, 0.25) is 12.6 Å². The summed E-state index contributed by atoms with van der Waals surface area (Å²) in [5, 5.41) is 44.4. The molecule has 227 valence electrons. The van der Waals surface area contributed by atoms with Crippen LogP contribution in [0.15, 0.2) is 48.5 Å². The molecule has 1 radical (unpaired) electrons. The predicted molar refractivity (Wildman–Crippen MR) is 166 cm³/mol. The lowest BCUT2D eigenvalue weighted by molar-refractivity contribution is -0.385. The molecule has 0 spiro atoms. The average Bonchev–Trinajstić information content (AvgIpc) is 3.00. The molecule has 13 heteroatoms. The Morgan fingerprint density at radius 1 is 0.667 bits per heavy atom. The standard InChI is InChI=1S/C29H44BN8O4/c39-37(40)26-7-3-24(4-8-26)17-35-28-11-1-2-12-30-19-29(22-33-15-13-31-20-28,23-34-16-14-32-21-28)36-18-25-5-9-27(10-6-25)38(41)42/h3-10,31-36H,1-2,11-23H2. The molecular formula is C29H44BN8O4. The summed E-state index contributed by atoms with van der Waals surface area (Å²) in [6.07, 6.45) is 5.13. The van der Waals surface area contributed by atoms with Crippen LogP contribution in [0.25, 0.3) is 0 Å². The smallest absolute Gasteiger partial charge is 0.269 e. The quantitative estimate of drug-likeness (QED) is 0.155. The van der Waals surface area contributed by atoms with Crippen molar-refractivity contribution in [2.75, 3.05) is 52.4 Å². The van der Waals surface area contributed by atoms with Gasteiger partial charge in [0.15, 0.2) is 0 Å². The van der Waals surface area contributed by atoms with Crippen LogP contribution in [-0.2, 0) is 13.1 Å². The number of hydrogen-bond acceptors (Lipinski definition) is 10. The topological polar surface area (TPSA) is 158 Å². The van der Waals surface area contributed by atoms with Crippen LogP contribution in [-0.4, -0.2) is 80.6 Å². The first-order chi connectivity index (χ1) is 20.4. The second kappa shape index (κ2) is 16.1. The monoisotopic (exact) mass is 579 g/mol. The summed E-state index contributed by atoms with van der Waals surface area (Å²) in [7, 11) is 2.41. The van der Waals surface area contributed by atoms with Gasteiger partial charge in [0.05, 0.1) is 9.85 Å². The molecule has 3 aliphatic heterocycles. The molecule has 0 unspecified atom stereocenters. The summed E-state index contributed by atoms with van der Waals surface area (Å²) < 4.78 is 0. The van der Waals surface area contributed by atoms with E-state index in [2.05, 4.69) is 39.2 Å². The van der Waals surface area contributed by atoms with Gasteiger partial charge in [-0.3, -0.25) is 20.2 Å². The van der Waals surface area contributed by atoms with Crippen molar-refractivity contribution >= 4 is 18.7 Å². The first-order valence-electron chi connectivity index (χ1n) is 15.0. The van der Waals surface area contributed by atoms with Gasteiger partial charge >= 0.3 is 0 Å². The number of nitrogens with one attached hydrogen (secondary N) is 6. The van der Waals surface area contributed by atoms with Crippen LogP contribution in [0, 0.1) is 20.2 Å². The second-order valence-electron chi connectivity index (χ2n) is 11.6. The number of nitrogens with zero attached hydrogens (tertiary/aromatic N) is 2. The minimum Gasteiger partial charge on any atom is -0.314 e. The maximum absolute atomic E-state index is 11.0. The van der Waals surface area contributed by atoms with Crippen molar-refractivity contribution in [3.05, 3.63) is 79.9 Å². The molecule has 3 aliphatic rings. The highest BCUT2D eigenvalue weighted by Gasteiger charge is 2.31. The zero-order valence-electron chi connectivity index (χ0n) is 24.3. The molecule has 0 aromatic heterocycles. The SMILES string of the molecule is O=[N+]([O-])c1ccc(CNC23C[B]CCCCC(NCc4ccc([N+](=O)[O-])cc4)(CNCCNC2)CNCCNC3)cc1. The van der Waals surface area contributed by atoms with E-state index in [0.29, 0.717) is 13.1 Å². The number of fused-ring (bicyclic) bond motifs is 15. The van der Waals surface area contributed by atoms with Gasteiger partial charge < -0.3 is 31.9 Å². The van der Waals surface area contributed by atoms with E-state index in [-0.39, 0.29) is 32.3 Å². The van der Waals surface area contributed by atoms with Crippen molar-refractivity contribution in [2.45, 2.75) is 56.1 Å². The first-order valence-corrected chi connectivity index (χ1v) is 15.0. The molecule has 3 saturated heterocycles. The molecule has 2 aromatic rings. The molecule has 3 fully saturated rings. The maximum atomic E-state index is 11.0. The van der Waals surface area contributed by atoms with E-state index in [1.165, 1.54) is 0 Å². The summed E-state index contributed by atoms with van der Waals surface area (Å²) in [6.45, 7) is 7.81. The van der Waals surface area contributed by atoms with Crippen molar-refractivity contribution in [3.63, 3.8) is 0 Å². The van der Waals surface area contributed by atoms with Crippen LogP contribution in [0.4, 0.5) is 11.4 Å². The third kappa shape index (κ3) is 9.82. The number of nitro groups is 2. The second-order valence-corrected chi connectivity index (χ2v) is 11.6. The molecule has 2 bridgehead atoms. The van der Waals surface area contributed by atoms with Gasteiger partial charge in [0.2, 0.25) is 0 Å². The van der Waals surface area contributed by atoms with Gasteiger partial charge in [-0.15, -0.1) is 0 Å². The summed E-state index contributed by atoms with van der Waals surface area (Å²) >= 11 is 0. The molecule has 42 heavy (non-hydrogen) atoms. The number of benzene rings is 2. The van der Waals surface area contributed by atoms with Crippen molar-refractivity contribution in [1.29, 1.82) is 0 Å². The van der Waals surface area contributed by atoms with E-state index in [1.54, 1.807) is 24.3 Å². The molecule has 0 saturated carbocycles.